The van der Waals surface area contributed by atoms with Crippen LogP contribution in [-0.4, -0.2) is 55.3 Å². The number of urea groups is 1. The van der Waals surface area contributed by atoms with Gasteiger partial charge in [-0.05, 0) is 17.7 Å². The maximum atomic E-state index is 12.7. The number of carbonyl (C=O) groups excluding carboxylic acids is 1. The first-order valence-corrected chi connectivity index (χ1v) is 9.91. The highest BCUT2D eigenvalue weighted by atomic mass is 16.5. The Morgan fingerprint density at radius 2 is 1.93 bits per heavy atom. The lowest BCUT2D eigenvalue weighted by molar-refractivity contribution is 0.159. The minimum Gasteiger partial charge on any atom is -0.383 e. The summed E-state index contributed by atoms with van der Waals surface area (Å²) in [5.41, 5.74) is 2.84. The van der Waals surface area contributed by atoms with Crippen LogP contribution in [0.3, 0.4) is 0 Å². The van der Waals surface area contributed by atoms with Crippen LogP contribution in [0.5, 0.6) is 0 Å². The lowest BCUT2D eigenvalue weighted by Crippen LogP contribution is -2.42. The summed E-state index contributed by atoms with van der Waals surface area (Å²) in [6.07, 6.45) is 1.69. The molecule has 1 aliphatic heterocycles. The van der Waals surface area contributed by atoms with Crippen LogP contribution in [0.1, 0.15) is 11.5 Å². The third kappa shape index (κ3) is 4.72. The molecule has 2 amide bonds. The molecule has 6 nitrogen and oxygen atoms in total. The van der Waals surface area contributed by atoms with Crippen LogP contribution in [-0.2, 0) is 4.74 Å². The Labute approximate surface area is 170 Å². The molecule has 0 spiro atoms. The van der Waals surface area contributed by atoms with Crippen LogP contribution >= 0.6 is 0 Å². The molecule has 0 bridgehead atoms. The van der Waals surface area contributed by atoms with Gasteiger partial charge in [0, 0.05) is 38.0 Å². The summed E-state index contributed by atoms with van der Waals surface area (Å²) in [6.45, 7) is 3.24. The number of methoxy groups -OCH3 is 1. The third-order valence-corrected chi connectivity index (χ3v) is 5.40. The molecule has 2 atom stereocenters. The van der Waals surface area contributed by atoms with Crippen LogP contribution < -0.4 is 10.6 Å². The van der Waals surface area contributed by atoms with Gasteiger partial charge in [0.1, 0.15) is 0 Å². The molecule has 3 aromatic rings. The van der Waals surface area contributed by atoms with Gasteiger partial charge >= 0.3 is 6.03 Å². The van der Waals surface area contributed by atoms with Crippen molar-refractivity contribution in [3.63, 3.8) is 0 Å². The molecule has 1 aromatic heterocycles. The van der Waals surface area contributed by atoms with Gasteiger partial charge in [-0.15, -0.1) is 0 Å². The molecule has 0 saturated carbocycles. The van der Waals surface area contributed by atoms with E-state index in [9.17, 15) is 4.79 Å². The molecule has 1 aliphatic rings. The van der Waals surface area contributed by atoms with Crippen molar-refractivity contribution in [1.29, 1.82) is 0 Å². The lowest BCUT2D eigenvalue weighted by Gasteiger charge is -2.20. The summed E-state index contributed by atoms with van der Waals surface area (Å²) in [5.74, 6) is 0.244. The minimum absolute atomic E-state index is 0.0303. The first kappa shape index (κ1) is 19.4. The predicted octanol–water partition coefficient (Wildman–Crippen LogP) is 3.47. The third-order valence-electron chi connectivity index (χ3n) is 5.40. The summed E-state index contributed by atoms with van der Waals surface area (Å²) in [7, 11) is 1.71. The zero-order valence-electron chi connectivity index (χ0n) is 16.5. The molecule has 1 saturated heterocycles. The number of likely N-dealkylation sites (tertiary alicyclic amines) is 1. The van der Waals surface area contributed by atoms with Crippen molar-refractivity contribution in [3.8, 4) is 0 Å². The average Bonchev–Trinajstić information content (AvgIpc) is 3.15. The Kier molecular flexibility index (Phi) is 6.03. The van der Waals surface area contributed by atoms with Crippen LogP contribution in [0.4, 0.5) is 10.5 Å². The summed E-state index contributed by atoms with van der Waals surface area (Å²) in [5, 5.41) is 7.10. The van der Waals surface area contributed by atoms with Gasteiger partial charge in [-0.2, -0.15) is 0 Å². The van der Waals surface area contributed by atoms with Gasteiger partial charge in [-0.1, -0.05) is 48.5 Å². The number of hydrogen-bond donors (Lipinski definition) is 2. The number of pyridine rings is 1. The number of anilines is 1. The molecule has 0 aliphatic carbocycles. The molecule has 2 N–H and O–H groups in total. The Morgan fingerprint density at radius 3 is 2.76 bits per heavy atom. The number of nitrogens with one attached hydrogen (secondary N) is 2. The first-order valence-electron chi connectivity index (χ1n) is 9.91. The fourth-order valence-corrected chi connectivity index (χ4v) is 3.95. The molecular weight excluding hydrogens is 364 g/mol. The highest BCUT2D eigenvalue weighted by Crippen LogP contribution is 2.27. The Balaban J connectivity index is 1.45. The van der Waals surface area contributed by atoms with E-state index in [1.165, 1.54) is 5.56 Å². The largest absolute Gasteiger partial charge is 0.383 e. The minimum atomic E-state index is -0.207. The van der Waals surface area contributed by atoms with Crippen molar-refractivity contribution in [2.45, 2.75) is 12.0 Å². The fourth-order valence-electron chi connectivity index (χ4n) is 3.95. The zero-order chi connectivity index (χ0) is 20.1. The van der Waals surface area contributed by atoms with E-state index >= 15 is 0 Å². The molecule has 6 heteroatoms. The standard InChI is InChI=1S/C23H26N4O2/c1-29-12-11-27-15-20(17-7-3-2-4-8-17)22(16-27)26-23(28)25-19-13-18-9-5-6-10-21(18)24-14-19/h2-10,13-14,20,22H,11-12,15-16H2,1H3,(H2,25,26,28)/t20-,22+/m0/s1. The van der Waals surface area contributed by atoms with Crippen molar-refractivity contribution in [1.82, 2.24) is 15.2 Å². The topological polar surface area (TPSA) is 66.5 Å². The summed E-state index contributed by atoms with van der Waals surface area (Å²) in [6, 6.07) is 20.0. The SMILES string of the molecule is COCCN1C[C@@H](NC(=O)Nc2cnc3ccccc3c2)[C@H](c2ccccc2)C1. The monoisotopic (exact) mass is 390 g/mol. The maximum absolute atomic E-state index is 12.7. The van der Waals surface area contributed by atoms with E-state index in [-0.39, 0.29) is 18.0 Å². The number of ether oxygens (including phenoxy) is 1. The van der Waals surface area contributed by atoms with Crippen molar-refractivity contribution in [2.24, 2.45) is 0 Å². The predicted molar refractivity (Wildman–Crippen MR) is 115 cm³/mol. The van der Waals surface area contributed by atoms with E-state index in [2.05, 4.69) is 32.7 Å². The lowest BCUT2D eigenvalue weighted by atomic mass is 9.94. The number of fused-ring (bicyclic) bond motifs is 1. The number of amides is 2. The second-order valence-electron chi connectivity index (χ2n) is 7.39. The molecule has 4 rings (SSSR count). The van der Waals surface area contributed by atoms with Gasteiger partial charge in [-0.3, -0.25) is 9.88 Å². The molecule has 1 fully saturated rings. The molecule has 150 valence electrons. The molecule has 0 radical (unpaired) electrons. The smallest absolute Gasteiger partial charge is 0.319 e. The van der Waals surface area contributed by atoms with E-state index in [0.29, 0.717) is 12.3 Å². The maximum Gasteiger partial charge on any atom is 0.319 e. The van der Waals surface area contributed by atoms with Gasteiger partial charge < -0.3 is 15.4 Å². The number of nitrogens with zero attached hydrogens (tertiary/aromatic N) is 2. The molecular formula is C23H26N4O2. The highest BCUT2D eigenvalue weighted by molar-refractivity contribution is 5.92. The molecule has 2 heterocycles. The summed E-state index contributed by atoms with van der Waals surface area (Å²) >= 11 is 0. The second kappa shape index (κ2) is 9.03. The van der Waals surface area contributed by atoms with E-state index in [0.717, 1.165) is 30.5 Å². The van der Waals surface area contributed by atoms with Crippen LogP contribution in [0, 0.1) is 0 Å². The number of para-hydroxylation sites is 1. The van der Waals surface area contributed by atoms with Crippen molar-refractivity contribution < 1.29 is 9.53 Å². The molecule has 0 unspecified atom stereocenters. The van der Waals surface area contributed by atoms with Crippen molar-refractivity contribution in [3.05, 3.63) is 72.4 Å². The van der Waals surface area contributed by atoms with E-state index in [1.54, 1.807) is 13.3 Å². The molecule has 2 aromatic carbocycles. The zero-order valence-corrected chi connectivity index (χ0v) is 16.5. The van der Waals surface area contributed by atoms with Crippen LogP contribution in [0.2, 0.25) is 0 Å². The van der Waals surface area contributed by atoms with Gasteiger partial charge in [0.15, 0.2) is 0 Å². The number of hydrogen-bond acceptors (Lipinski definition) is 4. The van der Waals surface area contributed by atoms with Crippen molar-refractivity contribution >= 4 is 22.6 Å². The van der Waals surface area contributed by atoms with Crippen molar-refractivity contribution in [2.75, 3.05) is 38.7 Å². The Hall–Kier alpha value is -2.96. The first-order chi connectivity index (χ1) is 14.2. The van der Waals surface area contributed by atoms with Crippen LogP contribution in [0.15, 0.2) is 66.9 Å². The van der Waals surface area contributed by atoms with Gasteiger partial charge in [0.25, 0.3) is 0 Å². The van der Waals surface area contributed by atoms with Crippen LogP contribution in [0.25, 0.3) is 10.9 Å². The van der Waals surface area contributed by atoms with Gasteiger partial charge in [0.2, 0.25) is 0 Å². The van der Waals surface area contributed by atoms with E-state index < -0.39 is 0 Å². The average molecular weight is 390 g/mol. The highest BCUT2D eigenvalue weighted by Gasteiger charge is 2.34. The van der Waals surface area contributed by atoms with E-state index in [1.807, 2.05) is 48.5 Å². The van der Waals surface area contributed by atoms with Gasteiger partial charge in [-0.25, -0.2) is 4.79 Å². The normalized spacial score (nSPS) is 19.3. The molecule has 29 heavy (non-hydrogen) atoms. The summed E-state index contributed by atoms with van der Waals surface area (Å²) < 4.78 is 5.23. The number of rotatable bonds is 6. The second-order valence-corrected chi connectivity index (χ2v) is 7.39. The Morgan fingerprint density at radius 1 is 1.14 bits per heavy atom. The van der Waals surface area contributed by atoms with Gasteiger partial charge in [0.05, 0.1) is 30.0 Å². The number of carbonyl (C=O) groups is 1. The number of benzene rings is 2. The summed E-state index contributed by atoms with van der Waals surface area (Å²) in [4.78, 5) is 19.5. The van der Waals surface area contributed by atoms with E-state index in [4.69, 9.17) is 4.74 Å². The fraction of sp³-hybridized carbons (Fsp3) is 0.304. The Bertz CT molecular complexity index is 963. The number of aromatic nitrogens is 1. The quantitative estimate of drug-likeness (QED) is 0.676.